The molecule has 20 heavy (non-hydrogen) atoms. The van der Waals surface area contributed by atoms with Gasteiger partial charge in [0.1, 0.15) is 6.04 Å². The molecule has 2 heterocycles. The maximum atomic E-state index is 12.2. The van der Waals surface area contributed by atoms with Crippen LogP contribution >= 0.6 is 0 Å². The van der Waals surface area contributed by atoms with E-state index in [1.807, 2.05) is 13.8 Å². The molecule has 0 saturated heterocycles. The molecule has 0 aromatic carbocycles. The Balaban J connectivity index is 2.00. The fourth-order valence-electron chi connectivity index (χ4n) is 2.23. The van der Waals surface area contributed by atoms with Crippen LogP contribution in [0.15, 0.2) is 6.33 Å². The highest BCUT2D eigenvalue weighted by Gasteiger charge is 2.30. The van der Waals surface area contributed by atoms with Crippen molar-refractivity contribution < 1.29 is 14.3 Å². The Hall–Kier alpha value is -1.89. The first kappa shape index (κ1) is 14.5. The summed E-state index contributed by atoms with van der Waals surface area (Å²) < 4.78 is 4.71. The number of carbonyl (C=O) groups is 2. The Morgan fingerprint density at radius 1 is 1.50 bits per heavy atom. The molecule has 0 saturated carbocycles. The number of imidazole rings is 1. The smallest absolute Gasteiger partial charge is 0.328 e. The second-order valence-corrected chi connectivity index (χ2v) is 5.22. The van der Waals surface area contributed by atoms with Crippen LogP contribution in [-0.2, 0) is 27.3 Å². The molecule has 2 rings (SSSR count). The number of hydrogen-bond acceptors (Lipinski definition) is 5. The Kier molecular flexibility index (Phi) is 4.39. The van der Waals surface area contributed by atoms with Gasteiger partial charge in [-0.1, -0.05) is 13.8 Å². The van der Waals surface area contributed by atoms with Crippen molar-refractivity contribution >= 4 is 11.9 Å². The fourth-order valence-corrected chi connectivity index (χ4v) is 2.23. The summed E-state index contributed by atoms with van der Waals surface area (Å²) in [6.07, 6.45) is 2.13. The predicted molar refractivity (Wildman–Crippen MR) is 71.7 cm³/mol. The van der Waals surface area contributed by atoms with Crippen molar-refractivity contribution in [3.05, 3.63) is 17.7 Å². The van der Waals surface area contributed by atoms with E-state index in [4.69, 9.17) is 4.74 Å². The molecule has 0 radical (unpaired) electrons. The molecule has 1 aromatic heterocycles. The summed E-state index contributed by atoms with van der Waals surface area (Å²) >= 11 is 0. The lowest BCUT2D eigenvalue weighted by Crippen LogP contribution is -2.54. The molecule has 1 amide bonds. The number of rotatable bonds is 4. The summed E-state index contributed by atoms with van der Waals surface area (Å²) in [5.74, 6) is -0.664. The molecule has 3 N–H and O–H groups in total. The van der Waals surface area contributed by atoms with Crippen LogP contribution in [-0.4, -0.2) is 41.0 Å². The van der Waals surface area contributed by atoms with E-state index in [-0.39, 0.29) is 17.9 Å². The molecule has 0 spiro atoms. The minimum absolute atomic E-state index is 0.0315. The Bertz CT molecular complexity index is 498. The highest BCUT2D eigenvalue weighted by Crippen LogP contribution is 2.13. The average molecular weight is 280 g/mol. The highest BCUT2D eigenvalue weighted by molar-refractivity contribution is 5.88. The van der Waals surface area contributed by atoms with Crippen molar-refractivity contribution in [2.75, 3.05) is 7.11 Å². The summed E-state index contributed by atoms with van der Waals surface area (Å²) in [5, 5.41) is 5.87. The van der Waals surface area contributed by atoms with Crippen molar-refractivity contribution in [3.8, 4) is 0 Å². The molecule has 1 aromatic rings. The van der Waals surface area contributed by atoms with Gasteiger partial charge in [0.05, 0.1) is 30.9 Å². The third-order valence-corrected chi connectivity index (χ3v) is 3.47. The molecular weight excluding hydrogens is 260 g/mol. The van der Waals surface area contributed by atoms with Crippen LogP contribution in [0.2, 0.25) is 0 Å². The zero-order chi connectivity index (χ0) is 14.7. The zero-order valence-corrected chi connectivity index (χ0v) is 11.9. The number of nitrogens with one attached hydrogen (secondary N) is 3. The molecule has 7 heteroatoms. The number of carbonyl (C=O) groups excluding carboxylic acids is 2. The van der Waals surface area contributed by atoms with Crippen LogP contribution in [0.3, 0.4) is 0 Å². The Morgan fingerprint density at radius 3 is 2.90 bits per heavy atom. The number of nitrogens with zero attached hydrogens (tertiary/aromatic N) is 1. The van der Waals surface area contributed by atoms with Gasteiger partial charge in [-0.2, -0.15) is 0 Å². The normalized spacial score (nSPS) is 19.3. The first-order valence-electron chi connectivity index (χ1n) is 6.65. The van der Waals surface area contributed by atoms with Crippen molar-refractivity contribution in [2.24, 2.45) is 5.92 Å². The summed E-state index contributed by atoms with van der Waals surface area (Å²) in [7, 11) is 1.32. The molecule has 0 fully saturated rings. The summed E-state index contributed by atoms with van der Waals surface area (Å²) in [6.45, 7) is 4.29. The van der Waals surface area contributed by atoms with Crippen molar-refractivity contribution in [2.45, 2.75) is 38.9 Å². The first-order chi connectivity index (χ1) is 9.52. The summed E-state index contributed by atoms with van der Waals surface area (Å²) in [4.78, 5) is 31.1. The first-order valence-corrected chi connectivity index (χ1v) is 6.65. The minimum Gasteiger partial charge on any atom is -0.467 e. The zero-order valence-electron chi connectivity index (χ0n) is 11.9. The molecule has 1 aliphatic rings. The van der Waals surface area contributed by atoms with E-state index in [1.165, 1.54) is 7.11 Å². The van der Waals surface area contributed by atoms with Crippen molar-refractivity contribution in [3.63, 3.8) is 0 Å². The molecule has 1 aliphatic heterocycles. The van der Waals surface area contributed by atoms with Crippen LogP contribution in [0.5, 0.6) is 0 Å². The van der Waals surface area contributed by atoms with Gasteiger partial charge >= 0.3 is 5.97 Å². The lowest BCUT2D eigenvalue weighted by Gasteiger charge is -2.26. The molecule has 0 aliphatic carbocycles. The maximum Gasteiger partial charge on any atom is 0.328 e. The lowest BCUT2D eigenvalue weighted by molar-refractivity contribution is -0.146. The highest BCUT2D eigenvalue weighted by atomic mass is 16.5. The van der Waals surface area contributed by atoms with Gasteiger partial charge in [-0.05, 0) is 5.92 Å². The largest absolute Gasteiger partial charge is 0.467 e. The van der Waals surface area contributed by atoms with Crippen LogP contribution in [0, 0.1) is 5.92 Å². The van der Waals surface area contributed by atoms with Crippen LogP contribution < -0.4 is 10.6 Å². The minimum atomic E-state index is -0.630. The lowest BCUT2D eigenvalue weighted by atomic mass is 10.0. The number of aromatic nitrogens is 2. The summed E-state index contributed by atoms with van der Waals surface area (Å²) in [5.41, 5.74) is 1.89. The topological polar surface area (TPSA) is 96.1 Å². The second kappa shape index (κ2) is 6.04. The molecule has 1 unspecified atom stereocenters. The van der Waals surface area contributed by atoms with Gasteiger partial charge in [-0.25, -0.2) is 9.78 Å². The van der Waals surface area contributed by atoms with Crippen molar-refractivity contribution in [1.82, 2.24) is 20.6 Å². The van der Waals surface area contributed by atoms with E-state index in [2.05, 4.69) is 20.6 Å². The van der Waals surface area contributed by atoms with Gasteiger partial charge in [0.25, 0.3) is 0 Å². The van der Waals surface area contributed by atoms with Gasteiger partial charge in [-0.3, -0.25) is 10.1 Å². The summed E-state index contributed by atoms with van der Waals surface area (Å²) in [6, 6.07) is -1.01. The van der Waals surface area contributed by atoms with Gasteiger partial charge in [0.2, 0.25) is 5.91 Å². The van der Waals surface area contributed by atoms with Gasteiger partial charge in [0.15, 0.2) is 0 Å². The number of fused-ring (bicyclic) bond motifs is 1. The molecule has 7 nitrogen and oxygen atoms in total. The second-order valence-electron chi connectivity index (χ2n) is 5.22. The van der Waals surface area contributed by atoms with Gasteiger partial charge < -0.3 is 15.0 Å². The van der Waals surface area contributed by atoms with Gasteiger partial charge in [-0.15, -0.1) is 0 Å². The number of amides is 1. The number of aromatic amines is 1. The molecule has 0 bridgehead atoms. The van der Waals surface area contributed by atoms with E-state index >= 15 is 0 Å². The van der Waals surface area contributed by atoms with E-state index < -0.39 is 12.0 Å². The number of H-pyrrole nitrogens is 1. The Morgan fingerprint density at radius 2 is 2.25 bits per heavy atom. The number of ether oxygens (including phenoxy) is 1. The van der Waals surface area contributed by atoms with Crippen LogP contribution in [0.1, 0.15) is 25.2 Å². The van der Waals surface area contributed by atoms with Crippen LogP contribution in [0.4, 0.5) is 0 Å². The Labute approximate surface area is 117 Å². The third kappa shape index (κ3) is 2.98. The van der Waals surface area contributed by atoms with Gasteiger partial charge in [0, 0.05) is 13.0 Å². The van der Waals surface area contributed by atoms with E-state index in [9.17, 15) is 9.59 Å². The van der Waals surface area contributed by atoms with Crippen LogP contribution in [0.25, 0.3) is 0 Å². The SMILES string of the molecule is COC(=O)[C@@H](NC(=O)C1Cc2nc[nH]c2CN1)C(C)C. The quantitative estimate of drug-likeness (QED) is 0.660. The monoisotopic (exact) mass is 280 g/mol. The number of esters is 1. The standard InChI is InChI=1S/C13H20N4O3/c1-7(2)11(13(19)20-3)17-12(18)9-4-8-10(5-14-9)16-6-15-8/h6-7,9,11,14H,4-5H2,1-3H3,(H,15,16)(H,17,18)/t9?,11-/m0/s1. The van der Waals surface area contributed by atoms with E-state index in [0.717, 1.165) is 11.4 Å². The molecule has 2 atom stereocenters. The third-order valence-electron chi connectivity index (χ3n) is 3.47. The number of methoxy groups -OCH3 is 1. The van der Waals surface area contributed by atoms with E-state index in [1.54, 1.807) is 6.33 Å². The predicted octanol–water partition coefficient (Wildman–Crippen LogP) is -0.262. The molecular formula is C13H20N4O3. The average Bonchev–Trinajstić information content (AvgIpc) is 2.90. The molecule has 110 valence electrons. The van der Waals surface area contributed by atoms with E-state index in [0.29, 0.717) is 13.0 Å². The van der Waals surface area contributed by atoms with Crippen molar-refractivity contribution in [1.29, 1.82) is 0 Å². The number of hydrogen-bond donors (Lipinski definition) is 3. The fraction of sp³-hybridized carbons (Fsp3) is 0.615. The maximum absolute atomic E-state index is 12.2.